The molecule has 0 fully saturated rings. The summed E-state index contributed by atoms with van der Waals surface area (Å²) in [6, 6.07) is 30.3. The van der Waals surface area contributed by atoms with Gasteiger partial charge < -0.3 is 9.47 Å². The number of benzene rings is 4. The molecule has 1 atom stereocenters. The van der Waals surface area contributed by atoms with Crippen LogP contribution in [0, 0.1) is 5.82 Å². The highest BCUT2D eigenvalue weighted by Crippen LogP contribution is 2.26. The van der Waals surface area contributed by atoms with Gasteiger partial charge in [-0.25, -0.2) is 9.18 Å². The van der Waals surface area contributed by atoms with Crippen molar-refractivity contribution in [1.29, 1.82) is 0 Å². The first-order chi connectivity index (χ1) is 16.5. The van der Waals surface area contributed by atoms with Gasteiger partial charge in [-0.2, -0.15) is 0 Å². The van der Waals surface area contributed by atoms with E-state index in [0.29, 0.717) is 18.1 Å². The van der Waals surface area contributed by atoms with Crippen LogP contribution in [0.1, 0.15) is 41.3 Å². The van der Waals surface area contributed by atoms with E-state index in [1.54, 1.807) is 19.1 Å². The van der Waals surface area contributed by atoms with Crippen LogP contribution < -0.4 is 9.47 Å². The maximum absolute atomic E-state index is 14.0. The van der Waals surface area contributed by atoms with E-state index in [4.69, 9.17) is 9.47 Å². The topological polar surface area (TPSA) is 35.5 Å². The summed E-state index contributed by atoms with van der Waals surface area (Å²) in [7, 11) is 0. The standard InChI is InChI=1S/C30H27FO3/c1-3-33-29-18-17-27(20-28(29)31)34-30(32)26-15-13-25(14-16-26)24-11-9-22(10-12-24)19-21(2)23-7-5-4-6-8-23/h4-18,20-21H,3,19H2,1-2H3/t21-/m1/s1. The zero-order valence-electron chi connectivity index (χ0n) is 19.3. The number of esters is 1. The highest BCUT2D eigenvalue weighted by Gasteiger charge is 2.12. The third-order valence-corrected chi connectivity index (χ3v) is 5.73. The van der Waals surface area contributed by atoms with Crippen molar-refractivity contribution < 1.29 is 18.7 Å². The van der Waals surface area contributed by atoms with Gasteiger partial charge in [0.15, 0.2) is 11.6 Å². The number of hydrogen-bond donors (Lipinski definition) is 0. The van der Waals surface area contributed by atoms with E-state index < -0.39 is 11.8 Å². The van der Waals surface area contributed by atoms with Crippen LogP contribution in [-0.4, -0.2) is 12.6 Å². The molecule has 0 unspecified atom stereocenters. The molecule has 0 saturated heterocycles. The van der Waals surface area contributed by atoms with Gasteiger partial charge in [0.2, 0.25) is 0 Å². The summed E-state index contributed by atoms with van der Waals surface area (Å²) >= 11 is 0. The van der Waals surface area contributed by atoms with E-state index >= 15 is 0 Å². The van der Waals surface area contributed by atoms with Crippen molar-refractivity contribution >= 4 is 5.97 Å². The van der Waals surface area contributed by atoms with Gasteiger partial charge in [0.05, 0.1) is 12.2 Å². The molecular formula is C30H27FO3. The van der Waals surface area contributed by atoms with E-state index in [9.17, 15) is 9.18 Å². The zero-order chi connectivity index (χ0) is 23.9. The molecule has 172 valence electrons. The first-order valence-corrected chi connectivity index (χ1v) is 11.4. The summed E-state index contributed by atoms with van der Waals surface area (Å²) in [5.41, 5.74) is 5.09. The summed E-state index contributed by atoms with van der Waals surface area (Å²) < 4.78 is 24.5. The molecule has 0 N–H and O–H groups in total. The lowest BCUT2D eigenvalue weighted by atomic mass is 9.93. The molecule has 0 aliphatic heterocycles. The number of halogens is 1. The fourth-order valence-electron chi connectivity index (χ4n) is 3.87. The summed E-state index contributed by atoms with van der Waals surface area (Å²) in [5.74, 6) is -0.395. The average molecular weight is 455 g/mol. The molecule has 0 spiro atoms. The molecule has 4 aromatic carbocycles. The van der Waals surface area contributed by atoms with Crippen LogP contribution in [0.4, 0.5) is 4.39 Å². The van der Waals surface area contributed by atoms with E-state index in [1.807, 2.05) is 18.2 Å². The van der Waals surface area contributed by atoms with Crippen molar-refractivity contribution in [3.63, 3.8) is 0 Å². The Morgan fingerprint density at radius 2 is 1.50 bits per heavy atom. The number of ether oxygens (including phenoxy) is 2. The maximum atomic E-state index is 14.0. The molecule has 4 rings (SSSR count). The molecular weight excluding hydrogens is 427 g/mol. The third kappa shape index (κ3) is 5.70. The Hall–Kier alpha value is -3.92. The van der Waals surface area contributed by atoms with Gasteiger partial charge in [-0.1, -0.05) is 73.7 Å². The molecule has 0 bridgehead atoms. The Labute approximate surface area is 199 Å². The first-order valence-electron chi connectivity index (χ1n) is 11.4. The van der Waals surface area contributed by atoms with Crippen LogP contribution in [0.15, 0.2) is 97.1 Å². The predicted octanol–water partition coefficient (Wildman–Crippen LogP) is 7.46. The predicted molar refractivity (Wildman–Crippen MR) is 133 cm³/mol. The van der Waals surface area contributed by atoms with Gasteiger partial charge in [-0.3, -0.25) is 0 Å². The molecule has 34 heavy (non-hydrogen) atoms. The highest BCUT2D eigenvalue weighted by molar-refractivity contribution is 5.91. The van der Waals surface area contributed by atoms with Crippen molar-refractivity contribution in [2.45, 2.75) is 26.2 Å². The monoisotopic (exact) mass is 454 g/mol. The van der Waals surface area contributed by atoms with Crippen LogP contribution in [-0.2, 0) is 6.42 Å². The lowest BCUT2D eigenvalue weighted by Crippen LogP contribution is -2.08. The van der Waals surface area contributed by atoms with Crippen molar-refractivity contribution in [2.24, 2.45) is 0 Å². The normalized spacial score (nSPS) is 11.6. The maximum Gasteiger partial charge on any atom is 0.343 e. The van der Waals surface area contributed by atoms with Gasteiger partial charge in [0.1, 0.15) is 5.75 Å². The summed E-state index contributed by atoms with van der Waals surface area (Å²) in [4.78, 5) is 12.5. The van der Waals surface area contributed by atoms with Gasteiger partial charge in [0.25, 0.3) is 0 Å². The largest absolute Gasteiger partial charge is 0.491 e. The fraction of sp³-hybridized carbons (Fsp3) is 0.167. The minimum absolute atomic E-state index is 0.132. The van der Waals surface area contributed by atoms with Crippen LogP contribution in [0.2, 0.25) is 0 Å². The molecule has 3 nitrogen and oxygen atoms in total. The second-order valence-corrected chi connectivity index (χ2v) is 8.20. The van der Waals surface area contributed by atoms with E-state index in [1.165, 1.54) is 23.3 Å². The van der Waals surface area contributed by atoms with Crippen molar-refractivity contribution in [1.82, 2.24) is 0 Å². The zero-order valence-corrected chi connectivity index (χ0v) is 19.3. The summed E-state index contributed by atoms with van der Waals surface area (Å²) in [6.45, 7) is 4.37. The number of rotatable bonds is 8. The Balaban J connectivity index is 1.39. The van der Waals surface area contributed by atoms with Gasteiger partial charge >= 0.3 is 5.97 Å². The lowest BCUT2D eigenvalue weighted by molar-refractivity contribution is 0.0734. The number of carbonyl (C=O) groups excluding carboxylic acids is 1. The van der Waals surface area contributed by atoms with Crippen molar-refractivity contribution in [3.05, 3.63) is 120 Å². The highest BCUT2D eigenvalue weighted by atomic mass is 19.1. The molecule has 0 saturated carbocycles. The Bertz CT molecular complexity index is 1230. The number of hydrogen-bond acceptors (Lipinski definition) is 3. The molecule has 0 radical (unpaired) electrons. The molecule has 4 heteroatoms. The molecule has 0 aliphatic carbocycles. The van der Waals surface area contributed by atoms with Crippen molar-refractivity contribution in [3.8, 4) is 22.6 Å². The van der Waals surface area contributed by atoms with E-state index in [2.05, 4.69) is 55.5 Å². The smallest absolute Gasteiger partial charge is 0.343 e. The Kier molecular flexibility index (Phi) is 7.38. The Morgan fingerprint density at radius 3 is 2.12 bits per heavy atom. The number of carbonyl (C=O) groups is 1. The second-order valence-electron chi connectivity index (χ2n) is 8.20. The van der Waals surface area contributed by atoms with E-state index in [0.717, 1.165) is 23.6 Å². The summed E-state index contributed by atoms with van der Waals surface area (Å²) in [5, 5.41) is 0. The van der Waals surface area contributed by atoms with Crippen molar-refractivity contribution in [2.75, 3.05) is 6.61 Å². The SMILES string of the molecule is CCOc1ccc(OC(=O)c2ccc(-c3ccc(C[C@@H](C)c4ccccc4)cc3)cc2)cc1F. The quantitative estimate of drug-likeness (QED) is 0.205. The van der Waals surface area contributed by atoms with E-state index in [-0.39, 0.29) is 11.5 Å². The molecule has 0 amide bonds. The minimum atomic E-state index is -0.566. The lowest BCUT2D eigenvalue weighted by Gasteiger charge is -2.12. The average Bonchev–Trinajstić information content (AvgIpc) is 2.87. The van der Waals surface area contributed by atoms with Gasteiger partial charge in [-0.05, 0) is 65.8 Å². The third-order valence-electron chi connectivity index (χ3n) is 5.73. The minimum Gasteiger partial charge on any atom is -0.491 e. The van der Waals surface area contributed by atoms with Crippen LogP contribution in [0.5, 0.6) is 11.5 Å². The van der Waals surface area contributed by atoms with Crippen LogP contribution >= 0.6 is 0 Å². The molecule has 0 heterocycles. The second kappa shape index (κ2) is 10.8. The first kappa shape index (κ1) is 23.2. The Morgan fingerprint density at radius 1 is 0.853 bits per heavy atom. The van der Waals surface area contributed by atoms with Gasteiger partial charge in [-0.15, -0.1) is 0 Å². The molecule has 4 aromatic rings. The van der Waals surface area contributed by atoms with Gasteiger partial charge in [0, 0.05) is 6.07 Å². The van der Waals surface area contributed by atoms with Crippen LogP contribution in [0.3, 0.4) is 0 Å². The molecule has 0 aliphatic rings. The van der Waals surface area contributed by atoms with Crippen LogP contribution in [0.25, 0.3) is 11.1 Å². The fourth-order valence-corrected chi connectivity index (χ4v) is 3.87. The summed E-state index contributed by atoms with van der Waals surface area (Å²) in [6.07, 6.45) is 0.973. The molecule has 0 aromatic heterocycles.